The minimum atomic E-state index is -0.145. The van der Waals surface area contributed by atoms with Crippen LogP contribution in [0, 0.1) is 0 Å². The fraction of sp³-hybridized carbons (Fsp3) is 0.286. The van der Waals surface area contributed by atoms with Crippen molar-refractivity contribution < 1.29 is 4.79 Å². The van der Waals surface area contributed by atoms with E-state index in [1.54, 1.807) is 13.1 Å². The molecule has 2 atom stereocenters. The number of amides is 1. The lowest BCUT2D eigenvalue weighted by Gasteiger charge is -2.31. The molecule has 3 aromatic rings. The summed E-state index contributed by atoms with van der Waals surface area (Å²) < 4.78 is 0. The van der Waals surface area contributed by atoms with Crippen molar-refractivity contribution in [1.82, 2.24) is 20.6 Å². The molecule has 2 heterocycles. The summed E-state index contributed by atoms with van der Waals surface area (Å²) in [6.45, 7) is 1.86. The van der Waals surface area contributed by atoms with E-state index >= 15 is 0 Å². The highest BCUT2D eigenvalue weighted by Gasteiger charge is 2.24. The third-order valence-corrected chi connectivity index (χ3v) is 5.10. The summed E-state index contributed by atoms with van der Waals surface area (Å²) in [5.74, 6) is 1.09. The fourth-order valence-corrected chi connectivity index (χ4v) is 3.74. The molecule has 6 heteroatoms. The summed E-state index contributed by atoms with van der Waals surface area (Å²) in [5, 5.41) is 10.6. The Morgan fingerprint density at radius 1 is 1.07 bits per heavy atom. The van der Waals surface area contributed by atoms with E-state index in [1.807, 2.05) is 18.2 Å². The van der Waals surface area contributed by atoms with E-state index in [0.717, 1.165) is 30.7 Å². The van der Waals surface area contributed by atoms with Crippen LogP contribution in [0.5, 0.6) is 0 Å². The zero-order chi connectivity index (χ0) is 18.6. The molecule has 2 unspecified atom stereocenters. The molecule has 1 saturated heterocycles. The minimum absolute atomic E-state index is 0.145. The van der Waals surface area contributed by atoms with Gasteiger partial charge in [0.05, 0.1) is 11.1 Å². The Balaban J connectivity index is 1.59. The first-order chi connectivity index (χ1) is 13.3. The van der Waals surface area contributed by atoms with E-state index in [-0.39, 0.29) is 11.9 Å². The van der Waals surface area contributed by atoms with Crippen LogP contribution in [0.1, 0.15) is 28.3 Å². The van der Waals surface area contributed by atoms with Gasteiger partial charge in [-0.25, -0.2) is 9.97 Å². The number of aromatic nitrogens is 2. The number of anilines is 1. The maximum atomic E-state index is 12.1. The molecule has 138 valence electrons. The van der Waals surface area contributed by atoms with Gasteiger partial charge >= 0.3 is 0 Å². The molecule has 6 nitrogen and oxygen atoms in total. The molecule has 3 N–H and O–H groups in total. The number of rotatable bonds is 4. The van der Waals surface area contributed by atoms with Crippen LogP contribution in [0.2, 0.25) is 0 Å². The molecule has 1 aromatic heterocycles. The number of nitrogens with zero attached hydrogens (tertiary/aromatic N) is 2. The third-order valence-electron chi connectivity index (χ3n) is 5.10. The number of fused-ring (bicyclic) bond motifs is 1. The standard InChI is InChI=1S/C21H23N5O/c1-22-21(27)18-9-5-8-17-19(18)24-13-25-20(17)26-16-10-15(11-23-12-16)14-6-3-2-4-7-14/h2-9,13,15-16,23H,10-12H2,1H3,(H,22,27)(H,24,25,26). The fourth-order valence-electron chi connectivity index (χ4n) is 3.74. The molecule has 1 amide bonds. The highest BCUT2D eigenvalue weighted by atomic mass is 16.1. The number of hydrogen-bond donors (Lipinski definition) is 3. The van der Waals surface area contributed by atoms with Crippen molar-refractivity contribution >= 4 is 22.6 Å². The first kappa shape index (κ1) is 17.4. The highest BCUT2D eigenvalue weighted by molar-refractivity contribution is 6.07. The van der Waals surface area contributed by atoms with Gasteiger partial charge in [-0.15, -0.1) is 0 Å². The van der Waals surface area contributed by atoms with Crippen molar-refractivity contribution in [3.8, 4) is 0 Å². The van der Waals surface area contributed by atoms with Gasteiger partial charge in [0.25, 0.3) is 5.91 Å². The van der Waals surface area contributed by atoms with E-state index in [2.05, 4.69) is 50.2 Å². The van der Waals surface area contributed by atoms with E-state index < -0.39 is 0 Å². The second-order valence-corrected chi connectivity index (χ2v) is 6.85. The van der Waals surface area contributed by atoms with E-state index in [1.165, 1.54) is 11.9 Å². The van der Waals surface area contributed by atoms with Gasteiger partial charge in [-0.1, -0.05) is 36.4 Å². The monoisotopic (exact) mass is 361 g/mol. The maximum Gasteiger partial charge on any atom is 0.253 e. The van der Waals surface area contributed by atoms with E-state index in [9.17, 15) is 4.79 Å². The Labute approximate surface area is 158 Å². The number of carbonyl (C=O) groups excluding carboxylic acids is 1. The molecule has 4 rings (SSSR count). The predicted octanol–water partition coefficient (Wildman–Crippen LogP) is 2.55. The van der Waals surface area contributed by atoms with Crippen LogP contribution in [-0.4, -0.2) is 42.1 Å². The van der Waals surface area contributed by atoms with Gasteiger partial charge in [-0.05, 0) is 30.0 Å². The van der Waals surface area contributed by atoms with Crippen molar-refractivity contribution in [3.05, 3.63) is 66.0 Å². The van der Waals surface area contributed by atoms with Gasteiger partial charge in [0.15, 0.2) is 0 Å². The number of benzene rings is 2. The Kier molecular flexibility index (Phi) is 4.98. The van der Waals surface area contributed by atoms with Crippen LogP contribution in [0.4, 0.5) is 5.82 Å². The minimum Gasteiger partial charge on any atom is -0.365 e. The first-order valence-corrected chi connectivity index (χ1v) is 9.24. The van der Waals surface area contributed by atoms with Gasteiger partial charge in [0, 0.05) is 31.6 Å². The normalized spacial score (nSPS) is 19.6. The molecule has 0 saturated carbocycles. The lowest BCUT2D eigenvalue weighted by molar-refractivity contribution is 0.0964. The van der Waals surface area contributed by atoms with E-state index in [4.69, 9.17) is 0 Å². The van der Waals surface area contributed by atoms with Crippen LogP contribution in [0.3, 0.4) is 0 Å². The van der Waals surface area contributed by atoms with Crippen molar-refractivity contribution in [1.29, 1.82) is 0 Å². The molecular weight excluding hydrogens is 338 g/mol. The van der Waals surface area contributed by atoms with Crippen molar-refractivity contribution in [2.45, 2.75) is 18.4 Å². The number of para-hydroxylation sites is 1. The van der Waals surface area contributed by atoms with Gasteiger partial charge in [-0.3, -0.25) is 4.79 Å². The summed E-state index contributed by atoms with van der Waals surface area (Å²) >= 11 is 0. The van der Waals surface area contributed by atoms with Crippen LogP contribution in [-0.2, 0) is 0 Å². The van der Waals surface area contributed by atoms with Crippen LogP contribution < -0.4 is 16.0 Å². The molecule has 1 aliphatic heterocycles. The Bertz CT molecular complexity index is 944. The lowest BCUT2D eigenvalue weighted by atomic mass is 9.89. The third kappa shape index (κ3) is 3.61. The maximum absolute atomic E-state index is 12.1. The molecule has 0 bridgehead atoms. The average Bonchev–Trinajstić information content (AvgIpc) is 2.74. The molecule has 0 aliphatic carbocycles. The summed E-state index contributed by atoms with van der Waals surface area (Å²) in [7, 11) is 1.62. The van der Waals surface area contributed by atoms with Gasteiger partial charge in [0.1, 0.15) is 12.1 Å². The summed E-state index contributed by atoms with van der Waals surface area (Å²) in [5.41, 5.74) is 2.58. The summed E-state index contributed by atoms with van der Waals surface area (Å²) in [4.78, 5) is 20.9. The number of piperidine rings is 1. The van der Waals surface area contributed by atoms with Crippen molar-refractivity contribution in [2.24, 2.45) is 0 Å². The molecule has 2 aromatic carbocycles. The smallest absolute Gasteiger partial charge is 0.253 e. The Morgan fingerprint density at radius 3 is 2.74 bits per heavy atom. The largest absolute Gasteiger partial charge is 0.365 e. The van der Waals surface area contributed by atoms with E-state index in [0.29, 0.717) is 17.0 Å². The molecule has 0 spiro atoms. The SMILES string of the molecule is CNC(=O)c1cccc2c(NC3CNCC(c4ccccc4)C3)ncnc12. The van der Waals surface area contributed by atoms with Crippen LogP contribution in [0.15, 0.2) is 54.9 Å². The van der Waals surface area contributed by atoms with Gasteiger partial charge in [-0.2, -0.15) is 0 Å². The van der Waals surface area contributed by atoms with Crippen LogP contribution in [0.25, 0.3) is 10.9 Å². The highest BCUT2D eigenvalue weighted by Crippen LogP contribution is 2.27. The first-order valence-electron chi connectivity index (χ1n) is 9.24. The Morgan fingerprint density at radius 2 is 1.93 bits per heavy atom. The lowest BCUT2D eigenvalue weighted by Crippen LogP contribution is -2.42. The molecule has 27 heavy (non-hydrogen) atoms. The topological polar surface area (TPSA) is 78.9 Å². The van der Waals surface area contributed by atoms with Gasteiger partial charge in [0.2, 0.25) is 0 Å². The average molecular weight is 361 g/mol. The van der Waals surface area contributed by atoms with Gasteiger partial charge < -0.3 is 16.0 Å². The number of carbonyl (C=O) groups is 1. The molecule has 1 fully saturated rings. The summed E-state index contributed by atoms with van der Waals surface area (Å²) in [6, 6.07) is 16.5. The molecule has 1 aliphatic rings. The number of nitrogens with one attached hydrogen (secondary N) is 3. The second-order valence-electron chi connectivity index (χ2n) is 6.85. The van der Waals surface area contributed by atoms with Crippen molar-refractivity contribution in [2.75, 3.05) is 25.5 Å². The predicted molar refractivity (Wildman–Crippen MR) is 107 cm³/mol. The van der Waals surface area contributed by atoms with Crippen molar-refractivity contribution in [3.63, 3.8) is 0 Å². The zero-order valence-corrected chi connectivity index (χ0v) is 15.3. The number of hydrogen-bond acceptors (Lipinski definition) is 5. The Hall–Kier alpha value is -2.99. The molecule has 0 radical (unpaired) electrons. The second kappa shape index (κ2) is 7.72. The molecular formula is C21H23N5O. The quantitative estimate of drug-likeness (QED) is 0.666. The van der Waals surface area contributed by atoms with Crippen LogP contribution >= 0.6 is 0 Å². The zero-order valence-electron chi connectivity index (χ0n) is 15.3. The summed E-state index contributed by atoms with van der Waals surface area (Å²) in [6.07, 6.45) is 2.54.